The van der Waals surface area contributed by atoms with Crippen molar-refractivity contribution in [1.82, 2.24) is 4.90 Å². The van der Waals surface area contributed by atoms with Gasteiger partial charge in [0.05, 0.1) is 12.7 Å². The van der Waals surface area contributed by atoms with Crippen molar-refractivity contribution < 1.29 is 9.84 Å². The number of rotatable bonds is 7. The average Bonchev–Trinajstić information content (AvgIpc) is 2.29. The lowest BCUT2D eigenvalue weighted by Crippen LogP contribution is -2.45. The second-order valence-electron chi connectivity index (χ2n) is 4.54. The first-order chi connectivity index (χ1) is 7.77. The van der Waals surface area contributed by atoms with E-state index >= 15 is 0 Å². The van der Waals surface area contributed by atoms with Gasteiger partial charge in [0.2, 0.25) is 0 Å². The summed E-state index contributed by atoms with van der Waals surface area (Å²) in [5, 5.41) is 9.82. The summed E-state index contributed by atoms with van der Waals surface area (Å²) < 4.78 is 5.23. The maximum atomic E-state index is 9.82. The molecule has 4 nitrogen and oxygen atoms in total. The van der Waals surface area contributed by atoms with Gasteiger partial charge in [-0.3, -0.25) is 4.90 Å². The molecule has 1 fully saturated rings. The van der Waals surface area contributed by atoms with Crippen molar-refractivity contribution in [3.63, 3.8) is 0 Å². The van der Waals surface area contributed by atoms with Gasteiger partial charge in [-0.05, 0) is 39.3 Å². The Morgan fingerprint density at radius 1 is 1.50 bits per heavy atom. The molecule has 0 aromatic carbocycles. The highest BCUT2D eigenvalue weighted by molar-refractivity contribution is 4.79. The smallest absolute Gasteiger partial charge is 0.0900 e. The van der Waals surface area contributed by atoms with Gasteiger partial charge in [-0.2, -0.15) is 0 Å². The number of hydrogen-bond donors (Lipinski definition) is 2. The molecule has 0 spiro atoms. The number of piperidine rings is 1. The first kappa shape index (κ1) is 13.9. The van der Waals surface area contributed by atoms with E-state index in [1.807, 2.05) is 6.92 Å². The van der Waals surface area contributed by atoms with Gasteiger partial charge in [-0.15, -0.1) is 0 Å². The van der Waals surface area contributed by atoms with Crippen molar-refractivity contribution in [3.8, 4) is 0 Å². The monoisotopic (exact) mass is 230 g/mol. The van der Waals surface area contributed by atoms with Gasteiger partial charge in [-0.1, -0.05) is 6.42 Å². The molecule has 1 aliphatic heterocycles. The molecule has 96 valence electrons. The van der Waals surface area contributed by atoms with Crippen LogP contribution in [0.25, 0.3) is 0 Å². The predicted molar refractivity (Wildman–Crippen MR) is 65.4 cm³/mol. The van der Waals surface area contributed by atoms with E-state index in [2.05, 4.69) is 4.90 Å². The Labute approximate surface area is 98.8 Å². The number of aliphatic hydroxyl groups is 1. The van der Waals surface area contributed by atoms with Crippen LogP contribution < -0.4 is 5.73 Å². The number of likely N-dealkylation sites (tertiary alicyclic amines) is 1. The maximum Gasteiger partial charge on any atom is 0.0900 e. The van der Waals surface area contributed by atoms with Crippen LogP contribution in [0.5, 0.6) is 0 Å². The first-order valence-corrected chi connectivity index (χ1v) is 6.47. The highest BCUT2D eigenvalue weighted by Gasteiger charge is 2.23. The lowest BCUT2D eigenvalue weighted by atomic mass is 9.99. The number of nitrogens with zero attached hydrogens (tertiary/aromatic N) is 1. The summed E-state index contributed by atoms with van der Waals surface area (Å²) in [4.78, 5) is 2.38. The zero-order chi connectivity index (χ0) is 11.8. The van der Waals surface area contributed by atoms with Crippen molar-refractivity contribution in [2.75, 3.05) is 32.8 Å². The van der Waals surface area contributed by atoms with E-state index in [1.165, 1.54) is 19.3 Å². The molecule has 1 rings (SSSR count). The second-order valence-corrected chi connectivity index (χ2v) is 4.54. The minimum absolute atomic E-state index is 0.363. The fourth-order valence-electron chi connectivity index (χ4n) is 2.40. The minimum atomic E-state index is -0.363. The number of nitrogens with two attached hydrogens (primary N) is 1. The summed E-state index contributed by atoms with van der Waals surface area (Å²) in [5.74, 6) is 0. The van der Waals surface area contributed by atoms with Gasteiger partial charge < -0.3 is 15.6 Å². The fraction of sp³-hybridized carbons (Fsp3) is 1.00. The Morgan fingerprint density at radius 2 is 2.31 bits per heavy atom. The highest BCUT2D eigenvalue weighted by Crippen LogP contribution is 2.19. The third kappa shape index (κ3) is 4.78. The molecular formula is C12H26N2O2. The van der Waals surface area contributed by atoms with E-state index in [-0.39, 0.29) is 6.10 Å². The van der Waals surface area contributed by atoms with E-state index in [0.29, 0.717) is 19.3 Å². The Morgan fingerprint density at radius 3 is 3.00 bits per heavy atom. The van der Waals surface area contributed by atoms with Crippen LogP contribution >= 0.6 is 0 Å². The van der Waals surface area contributed by atoms with Crippen molar-refractivity contribution >= 4 is 0 Å². The van der Waals surface area contributed by atoms with Crippen LogP contribution in [0.2, 0.25) is 0 Å². The van der Waals surface area contributed by atoms with Crippen LogP contribution in [-0.2, 0) is 4.74 Å². The molecule has 0 aromatic rings. The summed E-state index contributed by atoms with van der Waals surface area (Å²) in [6.45, 7) is 5.62. The molecule has 1 heterocycles. The third-order valence-electron chi connectivity index (χ3n) is 3.21. The standard InChI is InChI=1S/C12H26N2O2/c1-2-16-10-12(15)9-14-8-4-3-5-11(14)6-7-13/h11-12,15H,2-10,13H2,1H3. The molecule has 0 amide bonds. The highest BCUT2D eigenvalue weighted by atomic mass is 16.5. The summed E-state index contributed by atoms with van der Waals surface area (Å²) >= 11 is 0. The summed E-state index contributed by atoms with van der Waals surface area (Å²) in [5.41, 5.74) is 5.62. The topological polar surface area (TPSA) is 58.7 Å². The van der Waals surface area contributed by atoms with Crippen LogP contribution in [0.1, 0.15) is 32.6 Å². The zero-order valence-corrected chi connectivity index (χ0v) is 10.4. The third-order valence-corrected chi connectivity index (χ3v) is 3.21. The second kappa shape index (κ2) is 8.01. The summed E-state index contributed by atoms with van der Waals surface area (Å²) in [6, 6.07) is 0.565. The average molecular weight is 230 g/mol. The number of β-amino-alcohol motifs (C(OH)–C–C–N with tert-alkyl or cyclic N) is 1. The molecule has 2 atom stereocenters. The number of ether oxygens (including phenoxy) is 1. The Kier molecular flexibility index (Phi) is 6.96. The van der Waals surface area contributed by atoms with Crippen LogP contribution in [0.15, 0.2) is 0 Å². The Hall–Kier alpha value is -0.160. The fourth-order valence-corrected chi connectivity index (χ4v) is 2.40. The largest absolute Gasteiger partial charge is 0.389 e. The molecule has 1 aliphatic rings. The van der Waals surface area contributed by atoms with Crippen molar-refractivity contribution in [1.29, 1.82) is 0 Å². The van der Waals surface area contributed by atoms with Gasteiger partial charge in [0, 0.05) is 19.2 Å². The molecule has 0 radical (unpaired) electrons. The molecule has 4 heteroatoms. The van der Waals surface area contributed by atoms with Crippen molar-refractivity contribution in [2.45, 2.75) is 44.8 Å². The quantitative estimate of drug-likeness (QED) is 0.672. The van der Waals surface area contributed by atoms with E-state index < -0.39 is 0 Å². The van der Waals surface area contributed by atoms with Crippen LogP contribution in [0.4, 0.5) is 0 Å². The minimum Gasteiger partial charge on any atom is -0.389 e. The molecule has 2 unspecified atom stereocenters. The maximum absolute atomic E-state index is 9.82. The predicted octanol–water partition coefficient (Wildman–Crippen LogP) is 0.587. The van der Waals surface area contributed by atoms with Gasteiger partial charge in [0.25, 0.3) is 0 Å². The zero-order valence-electron chi connectivity index (χ0n) is 10.4. The molecule has 3 N–H and O–H groups in total. The van der Waals surface area contributed by atoms with Gasteiger partial charge in [0.1, 0.15) is 0 Å². The molecule has 0 aliphatic carbocycles. The molecule has 1 saturated heterocycles. The van der Waals surface area contributed by atoms with Crippen molar-refractivity contribution in [3.05, 3.63) is 0 Å². The van der Waals surface area contributed by atoms with Gasteiger partial charge in [-0.25, -0.2) is 0 Å². The lowest BCUT2D eigenvalue weighted by Gasteiger charge is -2.36. The first-order valence-electron chi connectivity index (χ1n) is 6.47. The molecule has 0 saturated carbocycles. The SMILES string of the molecule is CCOCC(O)CN1CCCCC1CCN. The van der Waals surface area contributed by atoms with E-state index in [0.717, 1.165) is 26.1 Å². The van der Waals surface area contributed by atoms with E-state index in [4.69, 9.17) is 10.5 Å². The van der Waals surface area contributed by atoms with E-state index in [9.17, 15) is 5.11 Å². The lowest BCUT2D eigenvalue weighted by molar-refractivity contribution is 0.00478. The van der Waals surface area contributed by atoms with Gasteiger partial charge in [0.15, 0.2) is 0 Å². The Bertz CT molecular complexity index is 176. The molecular weight excluding hydrogens is 204 g/mol. The normalized spacial score (nSPS) is 24.6. The van der Waals surface area contributed by atoms with Crippen LogP contribution in [0, 0.1) is 0 Å². The Balaban J connectivity index is 2.30. The number of aliphatic hydroxyl groups excluding tert-OH is 1. The number of hydrogen-bond acceptors (Lipinski definition) is 4. The summed E-state index contributed by atoms with van der Waals surface area (Å²) in [6.07, 6.45) is 4.43. The molecule has 0 bridgehead atoms. The van der Waals surface area contributed by atoms with E-state index in [1.54, 1.807) is 0 Å². The van der Waals surface area contributed by atoms with Crippen LogP contribution in [0.3, 0.4) is 0 Å². The van der Waals surface area contributed by atoms with Gasteiger partial charge >= 0.3 is 0 Å². The summed E-state index contributed by atoms with van der Waals surface area (Å²) in [7, 11) is 0. The van der Waals surface area contributed by atoms with Crippen LogP contribution in [-0.4, -0.2) is 55.0 Å². The molecule has 16 heavy (non-hydrogen) atoms. The molecule has 0 aromatic heterocycles. The van der Waals surface area contributed by atoms with Crippen molar-refractivity contribution in [2.24, 2.45) is 5.73 Å².